The smallest absolute Gasteiger partial charge is 0.160 e. The highest BCUT2D eigenvalue weighted by Crippen LogP contribution is 2.30. The van der Waals surface area contributed by atoms with E-state index in [9.17, 15) is 0 Å². The summed E-state index contributed by atoms with van der Waals surface area (Å²) in [5, 5.41) is 0. The maximum absolute atomic E-state index is 5.71. The molecule has 13 heavy (non-hydrogen) atoms. The van der Waals surface area contributed by atoms with Gasteiger partial charge in [0.1, 0.15) is 0 Å². The SMILES string of the molecule is COCC1CC(C)C(C)[C@@H](OC)O1. The molecular weight excluding hydrogens is 168 g/mol. The lowest BCUT2D eigenvalue weighted by atomic mass is 9.87. The minimum Gasteiger partial charge on any atom is -0.382 e. The van der Waals surface area contributed by atoms with Crippen molar-refractivity contribution >= 4 is 0 Å². The molecular formula is C10H20O3. The van der Waals surface area contributed by atoms with Crippen molar-refractivity contribution in [2.45, 2.75) is 32.7 Å². The molecule has 4 atom stereocenters. The van der Waals surface area contributed by atoms with Crippen LogP contribution in [-0.4, -0.2) is 33.2 Å². The van der Waals surface area contributed by atoms with Crippen LogP contribution in [0.15, 0.2) is 0 Å². The number of hydrogen-bond donors (Lipinski definition) is 0. The molecule has 1 fully saturated rings. The zero-order chi connectivity index (χ0) is 9.84. The average molecular weight is 188 g/mol. The predicted octanol–water partition coefficient (Wildman–Crippen LogP) is 1.67. The Hall–Kier alpha value is -0.120. The quantitative estimate of drug-likeness (QED) is 0.674. The van der Waals surface area contributed by atoms with Crippen LogP contribution < -0.4 is 0 Å². The molecule has 0 aromatic rings. The molecule has 1 heterocycles. The fourth-order valence-electron chi connectivity index (χ4n) is 1.83. The van der Waals surface area contributed by atoms with Crippen LogP contribution in [0.25, 0.3) is 0 Å². The zero-order valence-electron chi connectivity index (χ0n) is 8.95. The van der Waals surface area contributed by atoms with Gasteiger partial charge in [0, 0.05) is 20.1 Å². The van der Waals surface area contributed by atoms with Crippen LogP contribution in [0, 0.1) is 11.8 Å². The summed E-state index contributed by atoms with van der Waals surface area (Å²) in [6.07, 6.45) is 1.19. The van der Waals surface area contributed by atoms with Crippen molar-refractivity contribution in [1.29, 1.82) is 0 Å². The van der Waals surface area contributed by atoms with Gasteiger partial charge < -0.3 is 14.2 Å². The third-order valence-electron chi connectivity index (χ3n) is 2.87. The summed E-state index contributed by atoms with van der Waals surface area (Å²) < 4.78 is 16.1. The van der Waals surface area contributed by atoms with Crippen LogP contribution in [0.3, 0.4) is 0 Å². The first-order valence-electron chi connectivity index (χ1n) is 4.86. The van der Waals surface area contributed by atoms with Crippen molar-refractivity contribution in [2.75, 3.05) is 20.8 Å². The number of ether oxygens (including phenoxy) is 3. The van der Waals surface area contributed by atoms with E-state index < -0.39 is 0 Å². The summed E-state index contributed by atoms with van der Waals surface area (Å²) in [5.41, 5.74) is 0. The van der Waals surface area contributed by atoms with E-state index in [0.717, 1.165) is 6.42 Å². The molecule has 78 valence electrons. The van der Waals surface area contributed by atoms with E-state index in [0.29, 0.717) is 18.4 Å². The number of hydrogen-bond acceptors (Lipinski definition) is 3. The fourth-order valence-corrected chi connectivity index (χ4v) is 1.83. The first-order chi connectivity index (χ1) is 6.19. The van der Waals surface area contributed by atoms with Gasteiger partial charge in [-0.2, -0.15) is 0 Å². The van der Waals surface area contributed by atoms with Gasteiger partial charge in [-0.1, -0.05) is 13.8 Å². The van der Waals surface area contributed by atoms with Gasteiger partial charge in [-0.3, -0.25) is 0 Å². The molecule has 1 aliphatic rings. The maximum atomic E-state index is 5.71. The molecule has 3 heteroatoms. The Morgan fingerprint density at radius 3 is 2.54 bits per heavy atom. The highest BCUT2D eigenvalue weighted by molar-refractivity contribution is 4.76. The largest absolute Gasteiger partial charge is 0.382 e. The van der Waals surface area contributed by atoms with E-state index in [4.69, 9.17) is 14.2 Å². The van der Waals surface area contributed by atoms with E-state index >= 15 is 0 Å². The number of methoxy groups -OCH3 is 2. The molecule has 0 saturated carbocycles. The summed E-state index contributed by atoms with van der Waals surface area (Å²) in [7, 11) is 3.40. The highest BCUT2D eigenvalue weighted by atomic mass is 16.7. The second-order valence-electron chi connectivity index (χ2n) is 3.89. The van der Waals surface area contributed by atoms with Crippen LogP contribution in [0.2, 0.25) is 0 Å². The molecule has 0 aromatic carbocycles. The van der Waals surface area contributed by atoms with Crippen molar-refractivity contribution in [1.82, 2.24) is 0 Å². The van der Waals surface area contributed by atoms with Crippen molar-refractivity contribution in [2.24, 2.45) is 11.8 Å². The molecule has 1 rings (SSSR count). The van der Waals surface area contributed by atoms with Crippen LogP contribution in [0.4, 0.5) is 0 Å². The second kappa shape index (κ2) is 4.94. The summed E-state index contributed by atoms with van der Waals surface area (Å²) in [5.74, 6) is 1.11. The topological polar surface area (TPSA) is 27.7 Å². The van der Waals surface area contributed by atoms with Crippen LogP contribution in [0.5, 0.6) is 0 Å². The lowest BCUT2D eigenvalue weighted by molar-refractivity contribution is -0.227. The van der Waals surface area contributed by atoms with Crippen LogP contribution in [0.1, 0.15) is 20.3 Å². The van der Waals surface area contributed by atoms with Gasteiger partial charge in [-0.25, -0.2) is 0 Å². The lowest BCUT2D eigenvalue weighted by Crippen LogP contribution is -2.41. The Morgan fingerprint density at radius 2 is 2.00 bits per heavy atom. The lowest BCUT2D eigenvalue weighted by Gasteiger charge is -2.37. The molecule has 1 saturated heterocycles. The number of rotatable bonds is 3. The van der Waals surface area contributed by atoms with E-state index in [-0.39, 0.29) is 12.4 Å². The summed E-state index contributed by atoms with van der Waals surface area (Å²) in [6, 6.07) is 0. The predicted molar refractivity (Wildman–Crippen MR) is 50.5 cm³/mol. The molecule has 0 aliphatic carbocycles. The van der Waals surface area contributed by atoms with Gasteiger partial charge in [0.15, 0.2) is 6.29 Å². The van der Waals surface area contributed by atoms with Crippen molar-refractivity contribution in [3.63, 3.8) is 0 Å². The molecule has 0 aromatic heterocycles. The highest BCUT2D eigenvalue weighted by Gasteiger charge is 2.33. The van der Waals surface area contributed by atoms with Crippen molar-refractivity contribution in [3.05, 3.63) is 0 Å². The monoisotopic (exact) mass is 188 g/mol. The Kier molecular flexibility index (Phi) is 4.16. The second-order valence-corrected chi connectivity index (χ2v) is 3.89. The van der Waals surface area contributed by atoms with Gasteiger partial charge in [-0.15, -0.1) is 0 Å². The van der Waals surface area contributed by atoms with Gasteiger partial charge in [0.05, 0.1) is 12.7 Å². The molecule has 0 radical (unpaired) electrons. The molecule has 1 aliphatic heterocycles. The first kappa shape index (κ1) is 11.0. The normalized spacial score (nSPS) is 40.6. The van der Waals surface area contributed by atoms with Gasteiger partial charge >= 0.3 is 0 Å². The van der Waals surface area contributed by atoms with E-state index in [2.05, 4.69) is 13.8 Å². The van der Waals surface area contributed by atoms with E-state index in [1.165, 1.54) is 0 Å². The average Bonchev–Trinajstić information content (AvgIpc) is 2.11. The summed E-state index contributed by atoms with van der Waals surface area (Å²) in [4.78, 5) is 0. The Morgan fingerprint density at radius 1 is 1.31 bits per heavy atom. The Bertz CT molecular complexity index is 149. The third kappa shape index (κ3) is 2.66. The van der Waals surface area contributed by atoms with Crippen molar-refractivity contribution in [3.8, 4) is 0 Å². The van der Waals surface area contributed by atoms with E-state index in [1.54, 1.807) is 14.2 Å². The summed E-state index contributed by atoms with van der Waals surface area (Å²) in [6.45, 7) is 5.07. The zero-order valence-corrected chi connectivity index (χ0v) is 8.95. The molecule has 3 nitrogen and oxygen atoms in total. The maximum Gasteiger partial charge on any atom is 0.160 e. The van der Waals surface area contributed by atoms with Crippen molar-refractivity contribution < 1.29 is 14.2 Å². The fraction of sp³-hybridized carbons (Fsp3) is 1.00. The molecule has 3 unspecified atom stereocenters. The molecule has 0 bridgehead atoms. The minimum atomic E-state index is -0.0658. The molecule has 0 N–H and O–H groups in total. The van der Waals surface area contributed by atoms with Gasteiger partial charge in [-0.05, 0) is 12.3 Å². The van der Waals surface area contributed by atoms with Crippen LogP contribution >= 0.6 is 0 Å². The van der Waals surface area contributed by atoms with Gasteiger partial charge in [0.25, 0.3) is 0 Å². The molecule has 0 spiro atoms. The summed E-state index contributed by atoms with van der Waals surface area (Å²) >= 11 is 0. The van der Waals surface area contributed by atoms with Gasteiger partial charge in [0.2, 0.25) is 0 Å². The Labute approximate surface area is 80.4 Å². The minimum absolute atomic E-state index is 0.0658. The standard InChI is InChI=1S/C10H20O3/c1-7-5-9(6-11-3)13-10(12-4)8(7)2/h7-10H,5-6H2,1-4H3/t7?,8?,9?,10-/m0/s1. The van der Waals surface area contributed by atoms with E-state index in [1.807, 2.05) is 0 Å². The third-order valence-corrected chi connectivity index (χ3v) is 2.87. The first-order valence-corrected chi connectivity index (χ1v) is 4.86. The van der Waals surface area contributed by atoms with Crippen LogP contribution in [-0.2, 0) is 14.2 Å². The molecule has 0 amide bonds. The Balaban J connectivity index is 2.47.